The number of ketones is 1. The Labute approximate surface area is 65.7 Å². The average Bonchev–Trinajstić information content (AvgIpc) is 2.32. The zero-order valence-corrected chi connectivity index (χ0v) is 6.85. The molecule has 11 heavy (non-hydrogen) atoms. The molecule has 1 fully saturated rings. The minimum absolute atomic E-state index is 0.0671. The first-order valence-corrected chi connectivity index (χ1v) is 3.82. The molecule has 1 rings (SSSR count). The molecule has 1 aliphatic rings. The third kappa shape index (κ3) is 1.04. The molecule has 0 amide bonds. The van der Waals surface area contributed by atoms with Crippen LogP contribution in [0.1, 0.15) is 26.7 Å². The van der Waals surface area contributed by atoms with Crippen molar-refractivity contribution in [2.75, 3.05) is 6.61 Å². The molecule has 0 aromatic heterocycles. The third-order valence-electron chi connectivity index (χ3n) is 2.43. The van der Waals surface area contributed by atoms with Crippen molar-refractivity contribution in [3.63, 3.8) is 0 Å². The minimum atomic E-state index is -0.806. The molecule has 0 saturated carbocycles. The van der Waals surface area contributed by atoms with E-state index in [-0.39, 0.29) is 11.8 Å². The fourth-order valence-electron chi connectivity index (χ4n) is 1.45. The van der Waals surface area contributed by atoms with Crippen LogP contribution in [0.5, 0.6) is 0 Å². The molecule has 1 heterocycles. The predicted molar refractivity (Wildman–Crippen MR) is 39.0 cm³/mol. The number of rotatable bonds is 2. The first-order chi connectivity index (χ1) is 5.13. The van der Waals surface area contributed by atoms with E-state index in [1.807, 2.05) is 6.92 Å². The van der Waals surface area contributed by atoms with Gasteiger partial charge in [-0.2, -0.15) is 0 Å². The molecule has 0 aromatic rings. The molecule has 0 N–H and O–H groups in total. The Balaban J connectivity index is 2.91. The highest BCUT2D eigenvalue weighted by Crippen LogP contribution is 2.34. The smallest absolute Gasteiger partial charge is 0.319 e. The molecule has 1 unspecified atom stereocenters. The third-order valence-corrected chi connectivity index (χ3v) is 2.43. The molecule has 0 aromatic carbocycles. The van der Waals surface area contributed by atoms with E-state index < -0.39 is 5.41 Å². The van der Waals surface area contributed by atoms with Crippen LogP contribution < -0.4 is 0 Å². The summed E-state index contributed by atoms with van der Waals surface area (Å²) in [6.07, 6.45) is 1.11. The fraction of sp³-hybridized carbons (Fsp3) is 0.750. The van der Waals surface area contributed by atoms with Gasteiger partial charge in [-0.15, -0.1) is 0 Å². The van der Waals surface area contributed by atoms with E-state index in [4.69, 9.17) is 4.74 Å². The lowest BCUT2D eigenvalue weighted by Crippen LogP contribution is -2.33. The van der Waals surface area contributed by atoms with Crippen LogP contribution in [0.15, 0.2) is 0 Å². The molecule has 0 bridgehead atoms. The second kappa shape index (κ2) is 2.64. The van der Waals surface area contributed by atoms with Crippen LogP contribution >= 0.6 is 0 Å². The second-order valence-corrected chi connectivity index (χ2v) is 2.88. The number of hydrogen-bond donors (Lipinski definition) is 0. The van der Waals surface area contributed by atoms with Gasteiger partial charge in [-0.25, -0.2) is 0 Å². The summed E-state index contributed by atoms with van der Waals surface area (Å²) < 4.78 is 4.76. The number of hydrogen-bond acceptors (Lipinski definition) is 3. The molecule has 3 nitrogen and oxygen atoms in total. The van der Waals surface area contributed by atoms with Gasteiger partial charge in [0.1, 0.15) is 11.2 Å². The molecule has 0 spiro atoms. The quantitative estimate of drug-likeness (QED) is 0.441. The number of carbonyl (C=O) groups is 2. The second-order valence-electron chi connectivity index (χ2n) is 2.88. The van der Waals surface area contributed by atoms with Crippen molar-refractivity contribution in [3.05, 3.63) is 0 Å². The number of cyclic esters (lactones) is 1. The highest BCUT2D eigenvalue weighted by atomic mass is 16.5. The fourth-order valence-corrected chi connectivity index (χ4v) is 1.45. The van der Waals surface area contributed by atoms with Crippen molar-refractivity contribution >= 4 is 11.8 Å². The number of ether oxygens (including phenoxy) is 1. The van der Waals surface area contributed by atoms with Crippen molar-refractivity contribution in [1.82, 2.24) is 0 Å². The molecular weight excluding hydrogens is 144 g/mol. The van der Waals surface area contributed by atoms with Crippen LogP contribution in [-0.2, 0) is 14.3 Å². The van der Waals surface area contributed by atoms with Crippen molar-refractivity contribution in [3.8, 4) is 0 Å². The Bertz CT molecular complexity index is 198. The Morgan fingerprint density at radius 2 is 2.36 bits per heavy atom. The summed E-state index contributed by atoms with van der Waals surface area (Å²) in [5, 5.41) is 0. The lowest BCUT2D eigenvalue weighted by molar-refractivity contribution is -0.150. The van der Waals surface area contributed by atoms with Gasteiger partial charge in [0.2, 0.25) is 0 Å². The van der Waals surface area contributed by atoms with Gasteiger partial charge in [0.25, 0.3) is 0 Å². The first kappa shape index (κ1) is 8.24. The van der Waals surface area contributed by atoms with Crippen molar-refractivity contribution in [2.24, 2.45) is 5.41 Å². The molecule has 1 aliphatic heterocycles. The lowest BCUT2D eigenvalue weighted by Gasteiger charge is -2.17. The Hall–Kier alpha value is -0.860. The molecule has 0 aliphatic carbocycles. The van der Waals surface area contributed by atoms with Gasteiger partial charge in [-0.05, 0) is 13.3 Å². The molecular formula is C8H12O3. The van der Waals surface area contributed by atoms with E-state index >= 15 is 0 Å². The maximum Gasteiger partial charge on any atom is 0.319 e. The van der Waals surface area contributed by atoms with Gasteiger partial charge in [-0.3, -0.25) is 9.59 Å². The summed E-state index contributed by atoms with van der Waals surface area (Å²) in [4.78, 5) is 22.2. The minimum Gasteiger partial charge on any atom is -0.465 e. The summed E-state index contributed by atoms with van der Waals surface area (Å²) in [6.45, 7) is 3.69. The molecule has 62 valence electrons. The zero-order valence-electron chi connectivity index (χ0n) is 6.85. The van der Waals surface area contributed by atoms with E-state index in [1.54, 1.807) is 0 Å². The lowest BCUT2D eigenvalue weighted by atomic mass is 9.80. The summed E-state index contributed by atoms with van der Waals surface area (Å²) in [5.41, 5.74) is -0.806. The summed E-state index contributed by atoms with van der Waals surface area (Å²) in [6, 6.07) is 0. The van der Waals surface area contributed by atoms with Gasteiger partial charge in [0, 0.05) is 6.42 Å². The van der Waals surface area contributed by atoms with Gasteiger partial charge >= 0.3 is 5.97 Å². The van der Waals surface area contributed by atoms with E-state index in [0.717, 1.165) is 0 Å². The van der Waals surface area contributed by atoms with E-state index in [1.165, 1.54) is 6.92 Å². The van der Waals surface area contributed by atoms with Gasteiger partial charge in [0.15, 0.2) is 0 Å². The predicted octanol–water partition coefficient (Wildman–Crippen LogP) is 0.919. The van der Waals surface area contributed by atoms with Crippen LogP contribution in [0.4, 0.5) is 0 Å². The van der Waals surface area contributed by atoms with Gasteiger partial charge in [0.05, 0.1) is 6.61 Å². The van der Waals surface area contributed by atoms with Gasteiger partial charge < -0.3 is 4.74 Å². The van der Waals surface area contributed by atoms with Crippen LogP contribution in [0, 0.1) is 5.41 Å². The normalized spacial score (nSPS) is 30.2. The zero-order chi connectivity index (χ0) is 8.48. The molecule has 3 heteroatoms. The van der Waals surface area contributed by atoms with E-state index in [0.29, 0.717) is 19.4 Å². The SMILES string of the molecule is CCC1(C(C)=O)CCOC1=O. The first-order valence-electron chi connectivity index (χ1n) is 3.82. The van der Waals surface area contributed by atoms with Gasteiger partial charge in [-0.1, -0.05) is 6.92 Å². The molecule has 0 radical (unpaired) electrons. The van der Waals surface area contributed by atoms with Crippen molar-refractivity contribution in [2.45, 2.75) is 26.7 Å². The largest absolute Gasteiger partial charge is 0.465 e. The Morgan fingerprint density at radius 1 is 1.73 bits per heavy atom. The standard InChI is InChI=1S/C8H12O3/c1-3-8(6(2)9)4-5-11-7(8)10/h3-5H2,1-2H3. The van der Waals surface area contributed by atoms with E-state index in [2.05, 4.69) is 0 Å². The molecule has 1 saturated heterocycles. The number of esters is 1. The summed E-state index contributed by atoms with van der Waals surface area (Å²) in [5.74, 6) is -0.407. The maximum atomic E-state index is 11.1. The van der Waals surface area contributed by atoms with Crippen LogP contribution in [0.25, 0.3) is 0 Å². The Kier molecular flexibility index (Phi) is 1.98. The Morgan fingerprint density at radius 3 is 2.55 bits per heavy atom. The summed E-state index contributed by atoms with van der Waals surface area (Å²) in [7, 11) is 0. The highest BCUT2D eigenvalue weighted by molar-refractivity contribution is 6.03. The van der Waals surface area contributed by atoms with Crippen molar-refractivity contribution < 1.29 is 14.3 Å². The topological polar surface area (TPSA) is 43.4 Å². The summed E-state index contributed by atoms with van der Waals surface area (Å²) >= 11 is 0. The van der Waals surface area contributed by atoms with Crippen LogP contribution in [0.2, 0.25) is 0 Å². The molecule has 1 atom stereocenters. The number of Topliss-reactive ketones (excluding diaryl/α,β-unsaturated/α-hetero) is 1. The number of carbonyl (C=O) groups excluding carboxylic acids is 2. The van der Waals surface area contributed by atoms with Crippen LogP contribution in [0.3, 0.4) is 0 Å². The monoisotopic (exact) mass is 156 g/mol. The van der Waals surface area contributed by atoms with Crippen molar-refractivity contribution in [1.29, 1.82) is 0 Å². The van der Waals surface area contributed by atoms with Crippen LogP contribution in [-0.4, -0.2) is 18.4 Å². The van der Waals surface area contributed by atoms with E-state index in [9.17, 15) is 9.59 Å². The average molecular weight is 156 g/mol. The highest BCUT2D eigenvalue weighted by Gasteiger charge is 2.46. The maximum absolute atomic E-state index is 11.1.